The summed E-state index contributed by atoms with van der Waals surface area (Å²) >= 11 is 5.88. The van der Waals surface area contributed by atoms with Crippen molar-refractivity contribution in [1.82, 2.24) is 9.78 Å². The molecule has 0 saturated carbocycles. The van der Waals surface area contributed by atoms with Gasteiger partial charge in [-0.2, -0.15) is 5.10 Å². The van der Waals surface area contributed by atoms with Gasteiger partial charge in [0.25, 0.3) is 0 Å². The van der Waals surface area contributed by atoms with Crippen LogP contribution < -0.4 is 0 Å². The van der Waals surface area contributed by atoms with Crippen molar-refractivity contribution in [1.29, 1.82) is 0 Å². The number of aryl methyl sites for hydroxylation is 1. The predicted molar refractivity (Wildman–Crippen MR) is 58.3 cm³/mol. The molecule has 15 heavy (non-hydrogen) atoms. The Hall–Kier alpha value is -0.870. The van der Waals surface area contributed by atoms with Gasteiger partial charge in [-0.15, -0.1) is 0 Å². The van der Waals surface area contributed by atoms with E-state index in [1.54, 1.807) is 7.05 Å². The molecule has 0 spiro atoms. The van der Waals surface area contributed by atoms with E-state index < -0.39 is 6.10 Å². The molecule has 84 valence electrons. The van der Waals surface area contributed by atoms with Gasteiger partial charge in [0.15, 0.2) is 0 Å². The molecule has 0 aromatic carbocycles. The van der Waals surface area contributed by atoms with Gasteiger partial charge in [0.2, 0.25) is 5.78 Å². The Morgan fingerprint density at radius 2 is 2.40 bits per heavy atom. The first-order valence-electron chi connectivity index (χ1n) is 4.86. The van der Waals surface area contributed by atoms with Crippen LogP contribution in [0.2, 0.25) is 5.02 Å². The Morgan fingerprint density at radius 1 is 1.73 bits per heavy atom. The summed E-state index contributed by atoms with van der Waals surface area (Å²) in [6.45, 7) is 2.00. The molecule has 0 amide bonds. The lowest BCUT2D eigenvalue weighted by Gasteiger charge is -2.13. The van der Waals surface area contributed by atoms with E-state index in [2.05, 4.69) is 5.10 Å². The number of aromatic nitrogens is 2. The molecule has 0 bridgehead atoms. The highest BCUT2D eigenvalue weighted by Gasteiger charge is 2.24. The van der Waals surface area contributed by atoms with Gasteiger partial charge in [-0.3, -0.25) is 9.48 Å². The molecule has 1 rings (SSSR count). The molecule has 0 radical (unpaired) electrons. The van der Waals surface area contributed by atoms with E-state index in [4.69, 9.17) is 16.3 Å². The van der Waals surface area contributed by atoms with Crippen molar-refractivity contribution >= 4 is 17.4 Å². The summed E-state index contributed by atoms with van der Waals surface area (Å²) in [5.41, 5.74) is 0.414. The second-order valence-electron chi connectivity index (χ2n) is 3.34. The first-order chi connectivity index (χ1) is 7.11. The van der Waals surface area contributed by atoms with Crippen LogP contribution in [0, 0.1) is 0 Å². The fraction of sp³-hybridized carbons (Fsp3) is 0.600. The number of ketones is 1. The van der Waals surface area contributed by atoms with E-state index in [0.717, 1.165) is 6.42 Å². The average molecular weight is 231 g/mol. The van der Waals surface area contributed by atoms with E-state index >= 15 is 0 Å². The molecule has 0 aliphatic heterocycles. The van der Waals surface area contributed by atoms with E-state index in [-0.39, 0.29) is 5.78 Å². The Balaban J connectivity index is 2.92. The van der Waals surface area contributed by atoms with Crippen LogP contribution in [0.5, 0.6) is 0 Å². The molecule has 1 unspecified atom stereocenters. The quantitative estimate of drug-likeness (QED) is 0.728. The minimum atomic E-state index is -0.428. The third-order valence-electron chi connectivity index (χ3n) is 2.26. The van der Waals surface area contributed by atoms with Crippen molar-refractivity contribution in [2.45, 2.75) is 25.9 Å². The highest BCUT2D eigenvalue weighted by Crippen LogP contribution is 2.18. The topological polar surface area (TPSA) is 44.1 Å². The van der Waals surface area contributed by atoms with Crippen LogP contribution in [0.25, 0.3) is 0 Å². The van der Waals surface area contributed by atoms with Crippen LogP contribution in [-0.4, -0.2) is 28.8 Å². The maximum Gasteiger partial charge on any atom is 0.210 e. The van der Waals surface area contributed by atoms with E-state index in [1.165, 1.54) is 18.0 Å². The molecule has 0 saturated heterocycles. The average Bonchev–Trinajstić information content (AvgIpc) is 2.54. The van der Waals surface area contributed by atoms with Crippen LogP contribution in [0.4, 0.5) is 0 Å². The number of ether oxygens (including phenoxy) is 1. The van der Waals surface area contributed by atoms with Crippen LogP contribution in [-0.2, 0) is 11.8 Å². The number of nitrogens with zero attached hydrogens (tertiary/aromatic N) is 2. The fourth-order valence-electron chi connectivity index (χ4n) is 1.46. The SMILES string of the molecule is CCCC(OC)C(=O)c1c(Cl)cnn1C. The first-order valence-corrected chi connectivity index (χ1v) is 5.24. The number of Topliss-reactive ketones (excluding diaryl/α,β-unsaturated/α-hetero) is 1. The smallest absolute Gasteiger partial charge is 0.210 e. The zero-order valence-electron chi connectivity index (χ0n) is 9.16. The molecule has 0 fully saturated rings. The van der Waals surface area contributed by atoms with Crippen LogP contribution >= 0.6 is 11.6 Å². The highest BCUT2D eigenvalue weighted by molar-refractivity contribution is 6.33. The lowest BCUT2D eigenvalue weighted by Crippen LogP contribution is -2.25. The lowest BCUT2D eigenvalue weighted by molar-refractivity contribution is 0.0569. The van der Waals surface area contributed by atoms with Gasteiger partial charge in [0, 0.05) is 14.2 Å². The first kappa shape index (κ1) is 12.2. The predicted octanol–water partition coefficient (Wildman–Crippen LogP) is 2.07. The number of carbonyl (C=O) groups excluding carboxylic acids is 1. The Labute approximate surface area is 94.2 Å². The third-order valence-corrected chi connectivity index (χ3v) is 2.53. The number of hydrogen-bond acceptors (Lipinski definition) is 3. The van der Waals surface area contributed by atoms with Crippen LogP contribution in [0.15, 0.2) is 6.20 Å². The summed E-state index contributed by atoms with van der Waals surface area (Å²) < 4.78 is 6.62. The van der Waals surface area contributed by atoms with Crippen molar-refractivity contribution < 1.29 is 9.53 Å². The second kappa shape index (κ2) is 5.28. The van der Waals surface area contributed by atoms with Gasteiger partial charge in [0.1, 0.15) is 11.8 Å². The molecule has 1 aromatic heterocycles. The number of methoxy groups -OCH3 is 1. The van der Waals surface area contributed by atoms with Gasteiger partial charge >= 0.3 is 0 Å². The van der Waals surface area contributed by atoms with Gasteiger partial charge in [-0.25, -0.2) is 0 Å². The molecule has 1 aromatic rings. The molecule has 0 N–H and O–H groups in total. The van der Waals surface area contributed by atoms with Gasteiger partial charge in [-0.1, -0.05) is 24.9 Å². The van der Waals surface area contributed by atoms with Crippen molar-refractivity contribution in [3.63, 3.8) is 0 Å². The monoisotopic (exact) mass is 230 g/mol. The van der Waals surface area contributed by atoms with Crippen molar-refractivity contribution in [3.8, 4) is 0 Å². The molecule has 0 aliphatic carbocycles. The largest absolute Gasteiger partial charge is 0.373 e. The molecule has 4 nitrogen and oxygen atoms in total. The van der Waals surface area contributed by atoms with Crippen molar-refractivity contribution in [2.24, 2.45) is 7.05 Å². The minimum Gasteiger partial charge on any atom is -0.373 e. The van der Waals surface area contributed by atoms with Crippen LogP contribution in [0.3, 0.4) is 0 Å². The molecule has 0 aliphatic rings. The normalized spacial score (nSPS) is 12.8. The second-order valence-corrected chi connectivity index (χ2v) is 3.75. The molecule has 5 heteroatoms. The highest BCUT2D eigenvalue weighted by atomic mass is 35.5. The number of halogens is 1. The summed E-state index contributed by atoms with van der Waals surface area (Å²) in [5.74, 6) is -0.107. The summed E-state index contributed by atoms with van der Waals surface area (Å²) in [7, 11) is 3.22. The van der Waals surface area contributed by atoms with Gasteiger partial charge in [0.05, 0.1) is 11.2 Å². The van der Waals surface area contributed by atoms with E-state index in [0.29, 0.717) is 17.1 Å². The lowest BCUT2D eigenvalue weighted by atomic mass is 10.1. The standard InChI is InChI=1S/C10H15ClN2O2/c1-4-5-8(15-3)10(14)9-7(11)6-12-13(9)2/h6,8H,4-5H2,1-3H3. The zero-order chi connectivity index (χ0) is 11.4. The maximum absolute atomic E-state index is 12.0. The number of rotatable bonds is 5. The number of hydrogen-bond donors (Lipinski definition) is 0. The molecular formula is C10H15ClN2O2. The summed E-state index contributed by atoms with van der Waals surface area (Å²) in [6, 6.07) is 0. The number of carbonyl (C=O) groups is 1. The van der Waals surface area contributed by atoms with Gasteiger partial charge < -0.3 is 4.74 Å². The Morgan fingerprint density at radius 3 is 2.80 bits per heavy atom. The molecular weight excluding hydrogens is 216 g/mol. The Kier molecular flexibility index (Phi) is 4.29. The fourth-order valence-corrected chi connectivity index (χ4v) is 1.72. The molecule has 1 heterocycles. The zero-order valence-corrected chi connectivity index (χ0v) is 9.91. The third kappa shape index (κ3) is 2.58. The van der Waals surface area contributed by atoms with Crippen molar-refractivity contribution in [3.05, 3.63) is 16.9 Å². The van der Waals surface area contributed by atoms with Crippen molar-refractivity contribution in [2.75, 3.05) is 7.11 Å². The van der Waals surface area contributed by atoms with Crippen LogP contribution in [0.1, 0.15) is 30.3 Å². The maximum atomic E-state index is 12.0. The minimum absolute atomic E-state index is 0.107. The van der Waals surface area contributed by atoms with Gasteiger partial charge in [-0.05, 0) is 6.42 Å². The summed E-state index contributed by atoms with van der Waals surface area (Å²) in [5, 5.41) is 4.30. The summed E-state index contributed by atoms with van der Waals surface area (Å²) in [6.07, 6.45) is 2.62. The summed E-state index contributed by atoms with van der Waals surface area (Å²) in [4.78, 5) is 12.0. The Bertz CT molecular complexity index is 330. The van der Waals surface area contributed by atoms with E-state index in [9.17, 15) is 4.79 Å². The van der Waals surface area contributed by atoms with E-state index in [1.807, 2.05) is 6.92 Å². The molecule has 1 atom stereocenters.